The second-order valence-electron chi connectivity index (χ2n) is 6.36. The maximum Gasteiger partial charge on any atom is 0.422 e. The zero-order valence-electron chi connectivity index (χ0n) is 15.9. The summed E-state index contributed by atoms with van der Waals surface area (Å²) in [6.07, 6.45) is -4.59. The molecule has 0 saturated carbocycles. The van der Waals surface area contributed by atoms with Crippen LogP contribution in [-0.4, -0.2) is 56.7 Å². The molecule has 31 heavy (non-hydrogen) atoms. The molecular weight excluding hydrogens is 445 g/mol. The Morgan fingerprint density at radius 1 is 1.06 bits per heavy atom. The molecule has 168 valence electrons. The molecule has 0 atom stereocenters. The minimum atomic E-state index is -4.59. The SMILES string of the molecule is O=[N+]([O-])c1cc(S(=O)(=O)N2CCOCC2)ccc1Oc1ccccc1OCC(F)(F)F. The molecule has 1 fully saturated rings. The molecule has 2 aromatic carbocycles. The van der Waals surface area contributed by atoms with Crippen molar-refractivity contribution in [3.63, 3.8) is 0 Å². The van der Waals surface area contributed by atoms with Crippen LogP contribution < -0.4 is 9.47 Å². The van der Waals surface area contributed by atoms with Crippen molar-refractivity contribution in [1.29, 1.82) is 0 Å². The van der Waals surface area contributed by atoms with Gasteiger partial charge in [0.25, 0.3) is 0 Å². The smallest absolute Gasteiger partial charge is 0.422 e. The summed E-state index contributed by atoms with van der Waals surface area (Å²) in [7, 11) is -4.00. The number of nitro groups is 1. The summed E-state index contributed by atoms with van der Waals surface area (Å²) >= 11 is 0. The number of sulfonamides is 1. The number of para-hydroxylation sites is 2. The lowest BCUT2D eigenvalue weighted by Crippen LogP contribution is -2.40. The molecule has 0 amide bonds. The van der Waals surface area contributed by atoms with Crippen molar-refractivity contribution in [3.05, 3.63) is 52.6 Å². The Morgan fingerprint density at radius 3 is 2.32 bits per heavy atom. The van der Waals surface area contributed by atoms with Gasteiger partial charge < -0.3 is 14.2 Å². The van der Waals surface area contributed by atoms with E-state index in [1.807, 2.05) is 0 Å². The van der Waals surface area contributed by atoms with E-state index in [2.05, 4.69) is 0 Å². The molecule has 0 bridgehead atoms. The van der Waals surface area contributed by atoms with Crippen LogP contribution in [0.5, 0.6) is 17.2 Å². The number of benzene rings is 2. The Bertz CT molecular complexity index is 1050. The summed E-state index contributed by atoms with van der Waals surface area (Å²) in [5.41, 5.74) is -0.667. The van der Waals surface area contributed by atoms with Crippen LogP contribution in [-0.2, 0) is 14.8 Å². The highest BCUT2D eigenvalue weighted by Crippen LogP contribution is 2.38. The van der Waals surface area contributed by atoms with Crippen LogP contribution in [0.2, 0.25) is 0 Å². The molecule has 1 aliphatic heterocycles. The number of morpholine rings is 1. The molecule has 2 aromatic rings. The van der Waals surface area contributed by atoms with Crippen LogP contribution in [0.3, 0.4) is 0 Å². The Balaban J connectivity index is 1.91. The standard InChI is InChI=1S/C18H17F3N2O7S/c19-18(20,21)12-29-16-3-1-2-4-17(16)30-15-6-5-13(11-14(15)23(24)25)31(26,27)22-7-9-28-10-8-22/h1-6,11H,7-10,12H2. The number of ether oxygens (including phenoxy) is 3. The van der Waals surface area contributed by atoms with E-state index in [0.29, 0.717) is 0 Å². The Morgan fingerprint density at radius 2 is 1.71 bits per heavy atom. The first-order chi connectivity index (χ1) is 14.6. The third-order valence-corrected chi connectivity index (χ3v) is 6.09. The summed E-state index contributed by atoms with van der Waals surface area (Å²) in [5.74, 6) is -0.827. The van der Waals surface area contributed by atoms with Gasteiger partial charge in [-0.25, -0.2) is 8.42 Å². The van der Waals surface area contributed by atoms with E-state index < -0.39 is 33.4 Å². The first-order valence-corrected chi connectivity index (χ1v) is 10.3. The summed E-state index contributed by atoms with van der Waals surface area (Å²) in [4.78, 5) is 10.4. The van der Waals surface area contributed by atoms with Gasteiger partial charge in [-0.15, -0.1) is 0 Å². The van der Waals surface area contributed by atoms with Gasteiger partial charge in [0.15, 0.2) is 18.1 Å². The molecule has 1 heterocycles. The largest absolute Gasteiger partial charge is 0.480 e. The number of halogens is 3. The fourth-order valence-corrected chi connectivity index (χ4v) is 4.18. The van der Waals surface area contributed by atoms with E-state index in [0.717, 1.165) is 22.5 Å². The summed E-state index contributed by atoms with van der Waals surface area (Å²) in [6, 6.07) is 8.39. The van der Waals surface area contributed by atoms with Crippen LogP contribution in [0, 0.1) is 10.1 Å². The Kier molecular flexibility index (Phi) is 6.67. The molecule has 1 saturated heterocycles. The number of alkyl halides is 3. The summed E-state index contributed by atoms with van der Waals surface area (Å²) in [5, 5.41) is 11.5. The van der Waals surface area contributed by atoms with Crippen molar-refractivity contribution in [2.24, 2.45) is 0 Å². The van der Waals surface area contributed by atoms with Crippen molar-refractivity contribution < 1.29 is 40.7 Å². The highest BCUT2D eigenvalue weighted by Gasteiger charge is 2.31. The van der Waals surface area contributed by atoms with E-state index in [1.165, 1.54) is 24.3 Å². The molecule has 0 unspecified atom stereocenters. The maximum atomic E-state index is 12.7. The number of nitrogens with zero attached hydrogens (tertiary/aromatic N) is 2. The van der Waals surface area contributed by atoms with Crippen molar-refractivity contribution in [2.45, 2.75) is 11.1 Å². The molecule has 3 rings (SSSR count). The summed E-state index contributed by atoms with van der Waals surface area (Å²) in [6.45, 7) is -0.947. The molecule has 9 nitrogen and oxygen atoms in total. The normalized spacial score (nSPS) is 15.5. The number of nitro benzene ring substituents is 1. The predicted octanol–water partition coefficient (Wildman–Crippen LogP) is 3.35. The second-order valence-corrected chi connectivity index (χ2v) is 8.29. The van der Waals surface area contributed by atoms with Gasteiger partial charge in [0.05, 0.1) is 23.0 Å². The lowest BCUT2D eigenvalue weighted by molar-refractivity contribution is -0.385. The quantitative estimate of drug-likeness (QED) is 0.459. The van der Waals surface area contributed by atoms with Crippen LogP contribution in [0.1, 0.15) is 0 Å². The van der Waals surface area contributed by atoms with Crippen molar-refractivity contribution >= 4 is 15.7 Å². The third kappa shape index (κ3) is 5.62. The molecule has 1 aliphatic rings. The van der Waals surface area contributed by atoms with Crippen LogP contribution in [0.25, 0.3) is 0 Å². The lowest BCUT2D eigenvalue weighted by Gasteiger charge is -2.26. The van der Waals surface area contributed by atoms with Crippen molar-refractivity contribution in [1.82, 2.24) is 4.31 Å². The van der Waals surface area contributed by atoms with E-state index in [-0.39, 0.29) is 48.4 Å². The van der Waals surface area contributed by atoms with Crippen LogP contribution in [0.4, 0.5) is 18.9 Å². The maximum absolute atomic E-state index is 12.7. The molecular formula is C18H17F3N2O7S. The summed E-state index contributed by atoms with van der Waals surface area (Å²) < 4.78 is 79.2. The van der Waals surface area contributed by atoms with E-state index >= 15 is 0 Å². The van der Waals surface area contributed by atoms with E-state index in [4.69, 9.17) is 14.2 Å². The van der Waals surface area contributed by atoms with Gasteiger partial charge in [0.2, 0.25) is 15.8 Å². The minimum Gasteiger partial charge on any atom is -0.480 e. The zero-order chi connectivity index (χ0) is 22.6. The van der Waals surface area contributed by atoms with Gasteiger partial charge in [-0.1, -0.05) is 12.1 Å². The lowest BCUT2D eigenvalue weighted by atomic mass is 10.3. The third-order valence-electron chi connectivity index (χ3n) is 4.20. The van der Waals surface area contributed by atoms with Gasteiger partial charge in [-0.2, -0.15) is 17.5 Å². The fourth-order valence-electron chi connectivity index (χ4n) is 2.75. The zero-order valence-corrected chi connectivity index (χ0v) is 16.7. The number of rotatable bonds is 7. The molecule has 0 aliphatic carbocycles. The van der Waals surface area contributed by atoms with Crippen LogP contribution >= 0.6 is 0 Å². The van der Waals surface area contributed by atoms with Crippen LogP contribution in [0.15, 0.2) is 47.4 Å². The van der Waals surface area contributed by atoms with E-state index in [9.17, 15) is 31.7 Å². The number of hydrogen-bond donors (Lipinski definition) is 0. The fraction of sp³-hybridized carbons (Fsp3) is 0.333. The molecule has 0 N–H and O–H groups in total. The van der Waals surface area contributed by atoms with Crippen molar-refractivity contribution in [3.8, 4) is 17.2 Å². The van der Waals surface area contributed by atoms with Gasteiger partial charge in [0.1, 0.15) is 0 Å². The minimum absolute atomic E-state index is 0.109. The highest BCUT2D eigenvalue weighted by atomic mass is 32.2. The van der Waals surface area contributed by atoms with Gasteiger partial charge in [0, 0.05) is 19.2 Å². The molecule has 0 aromatic heterocycles. The average molecular weight is 462 g/mol. The average Bonchev–Trinajstić information content (AvgIpc) is 2.73. The Hall–Kier alpha value is -2.90. The second kappa shape index (κ2) is 9.08. The molecule has 0 spiro atoms. The van der Waals surface area contributed by atoms with Crippen molar-refractivity contribution in [2.75, 3.05) is 32.9 Å². The van der Waals surface area contributed by atoms with Gasteiger partial charge in [-0.05, 0) is 24.3 Å². The first-order valence-electron chi connectivity index (χ1n) is 8.91. The van der Waals surface area contributed by atoms with Gasteiger partial charge >= 0.3 is 11.9 Å². The predicted molar refractivity (Wildman–Crippen MR) is 101 cm³/mol. The van der Waals surface area contributed by atoms with Gasteiger partial charge in [-0.3, -0.25) is 10.1 Å². The van der Waals surface area contributed by atoms with E-state index in [1.54, 1.807) is 0 Å². The topological polar surface area (TPSA) is 108 Å². The first kappa shape index (κ1) is 22.8. The Labute approximate surface area is 175 Å². The molecule has 0 radical (unpaired) electrons. The highest BCUT2D eigenvalue weighted by molar-refractivity contribution is 7.89. The molecule has 13 heteroatoms. The monoisotopic (exact) mass is 462 g/mol. The number of hydrogen-bond acceptors (Lipinski definition) is 7.